The Balaban J connectivity index is 2.54. The average Bonchev–Trinajstić information content (AvgIpc) is 2.35. The van der Waals surface area contributed by atoms with Gasteiger partial charge >= 0.3 is 0 Å². The van der Waals surface area contributed by atoms with Crippen LogP contribution < -0.4 is 5.73 Å². The van der Waals surface area contributed by atoms with Gasteiger partial charge in [-0.25, -0.2) is 0 Å². The molecule has 0 aromatic rings. The number of hydrogen-bond acceptors (Lipinski definition) is 3. The molecule has 1 fully saturated rings. The van der Waals surface area contributed by atoms with E-state index in [4.69, 9.17) is 10.8 Å². The smallest absolute Gasteiger partial charge is 0.0468 e. The third-order valence-corrected chi connectivity index (χ3v) is 3.90. The summed E-state index contributed by atoms with van der Waals surface area (Å²) < 4.78 is 0. The molecule has 1 rings (SSSR count). The Morgan fingerprint density at radius 1 is 1.38 bits per heavy atom. The summed E-state index contributed by atoms with van der Waals surface area (Å²) in [6.45, 7) is 7.51. The first-order valence-corrected chi connectivity index (χ1v) is 6.77. The quantitative estimate of drug-likeness (QED) is 0.723. The SMILES string of the molecule is CCN(CC(C)CO)C1CCCCC1CN. The van der Waals surface area contributed by atoms with Gasteiger partial charge in [-0.2, -0.15) is 0 Å². The molecule has 0 aromatic heterocycles. The summed E-state index contributed by atoms with van der Waals surface area (Å²) in [4.78, 5) is 2.53. The van der Waals surface area contributed by atoms with E-state index in [-0.39, 0.29) is 6.61 Å². The van der Waals surface area contributed by atoms with E-state index in [2.05, 4.69) is 18.7 Å². The van der Waals surface area contributed by atoms with Gasteiger partial charge in [0, 0.05) is 19.2 Å². The van der Waals surface area contributed by atoms with Crippen molar-refractivity contribution in [3.8, 4) is 0 Å². The van der Waals surface area contributed by atoms with Crippen LogP contribution in [0.25, 0.3) is 0 Å². The maximum absolute atomic E-state index is 9.15. The van der Waals surface area contributed by atoms with E-state index in [1.54, 1.807) is 0 Å². The predicted molar refractivity (Wildman–Crippen MR) is 68.3 cm³/mol. The summed E-state index contributed by atoms with van der Waals surface area (Å²) in [7, 11) is 0. The molecule has 3 N–H and O–H groups in total. The molecule has 3 unspecified atom stereocenters. The molecular weight excluding hydrogens is 200 g/mol. The molecule has 1 aliphatic carbocycles. The second-order valence-electron chi connectivity index (χ2n) is 5.22. The van der Waals surface area contributed by atoms with Crippen molar-refractivity contribution < 1.29 is 5.11 Å². The summed E-state index contributed by atoms with van der Waals surface area (Å²) in [5, 5.41) is 9.15. The molecule has 0 heterocycles. The van der Waals surface area contributed by atoms with Gasteiger partial charge in [0.1, 0.15) is 0 Å². The highest BCUT2D eigenvalue weighted by molar-refractivity contribution is 4.84. The van der Waals surface area contributed by atoms with Gasteiger partial charge in [-0.15, -0.1) is 0 Å². The van der Waals surface area contributed by atoms with E-state index in [0.717, 1.165) is 19.6 Å². The Hall–Kier alpha value is -0.120. The van der Waals surface area contributed by atoms with Crippen LogP contribution in [0.4, 0.5) is 0 Å². The molecule has 3 nitrogen and oxygen atoms in total. The second-order valence-corrected chi connectivity index (χ2v) is 5.22. The molecule has 1 saturated carbocycles. The van der Waals surface area contributed by atoms with Crippen LogP contribution in [0.1, 0.15) is 39.5 Å². The monoisotopic (exact) mass is 228 g/mol. The zero-order valence-electron chi connectivity index (χ0n) is 10.9. The third-order valence-electron chi connectivity index (χ3n) is 3.90. The Kier molecular flexibility index (Phi) is 6.32. The highest BCUT2D eigenvalue weighted by atomic mass is 16.3. The molecule has 96 valence electrons. The minimum Gasteiger partial charge on any atom is -0.396 e. The van der Waals surface area contributed by atoms with Crippen molar-refractivity contribution in [1.29, 1.82) is 0 Å². The van der Waals surface area contributed by atoms with E-state index in [1.807, 2.05) is 0 Å². The number of hydrogen-bond donors (Lipinski definition) is 2. The first-order valence-electron chi connectivity index (χ1n) is 6.77. The van der Waals surface area contributed by atoms with Crippen molar-refractivity contribution in [3.63, 3.8) is 0 Å². The van der Waals surface area contributed by atoms with Crippen LogP contribution in [-0.2, 0) is 0 Å². The molecule has 0 amide bonds. The minimum absolute atomic E-state index is 0.288. The molecule has 0 aliphatic heterocycles. The van der Waals surface area contributed by atoms with Crippen LogP contribution in [0.2, 0.25) is 0 Å². The van der Waals surface area contributed by atoms with Crippen LogP contribution in [0.5, 0.6) is 0 Å². The molecule has 3 heteroatoms. The van der Waals surface area contributed by atoms with E-state index >= 15 is 0 Å². The molecular formula is C13H28N2O. The van der Waals surface area contributed by atoms with Crippen molar-refractivity contribution >= 4 is 0 Å². The van der Waals surface area contributed by atoms with Gasteiger partial charge in [-0.3, -0.25) is 4.90 Å². The van der Waals surface area contributed by atoms with Crippen molar-refractivity contribution in [2.24, 2.45) is 17.6 Å². The van der Waals surface area contributed by atoms with Gasteiger partial charge in [0.2, 0.25) is 0 Å². The lowest BCUT2D eigenvalue weighted by Crippen LogP contribution is -2.46. The van der Waals surface area contributed by atoms with Gasteiger partial charge in [0.05, 0.1) is 0 Å². The van der Waals surface area contributed by atoms with Crippen molar-refractivity contribution in [2.45, 2.75) is 45.6 Å². The standard InChI is InChI=1S/C13H28N2O/c1-3-15(9-11(2)10-16)13-7-5-4-6-12(13)8-14/h11-13,16H,3-10,14H2,1-2H3. The second kappa shape index (κ2) is 7.25. The van der Waals surface area contributed by atoms with E-state index in [9.17, 15) is 0 Å². The van der Waals surface area contributed by atoms with Gasteiger partial charge in [-0.05, 0) is 37.8 Å². The van der Waals surface area contributed by atoms with Crippen LogP contribution in [0.15, 0.2) is 0 Å². The van der Waals surface area contributed by atoms with Gasteiger partial charge < -0.3 is 10.8 Å². The Morgan fingerprint density at radius 3 is 2.62 bits per heavy atom. The minimum atomic E-state index is 0.288. The summed E-state index contributed by atoms with van der Waals surface area (Å²) in [5.41, 5.74) is 5.87. The lowest BCUT2D eigenvalue weighted by Gasteiger charge is -2.40. The molecule has 0 aromatic carbocycles. The Labute approximate surface area is 100 Å². The molecule has 3 atom stereocenters. The van der Waals surface area contributed by atoms with E-state index < -0.39 is 0 Å². The lowest BCUT2D eigenvalue weighted by atomic mass is 9.83. The topological polar surface area (TPSA) is 49.5 Å². The molecule has 0 radical (unpaired) electrons. The third kappa shape index (κ3) is 3.72. The zero-order valence-corrected chi connectivity index (χ0v) is 10.9. The van der Waals surface area contributed by atoms with Crippen LogP contribution >= 0.6 is 0 Å². The number of nitrogens with zero attached hydrogens (tertiary/aromatic N) is 1. The number of aliphatic hydroxyl groups excluding tert-OH is 1. The highest BCUT2D eigenvalue weighted by Crippen LogP contribution is 2.28. The maximum Gasteiger partial charge on any atom is 0.0468 e. The first kappa shape index (κ1) is 13.9. The van der Waals surface area contributed by atoms with Crippen LogP contribution in [-0.4, -0.2) is 42.3 Å². The largest absolute Gasteiger partial charge is 0.396 e. The summed E-state index contributed by atoms with van der Waals surface area (Å²) >= 11 is 0. The fourth-order valence-corrected chi connectivity index (χ4v) is 2.90. The van der Waals surface area contributed by atoms with Crippen molar-refractivity contribution in [1.82, 2.24) is 4.90 Å². The summed E-state index contributed by atoms with van der Waals surface area (Å²) in [5.74, 6) is 1.04. The van der Waals surface area contributed by atoms with Gasteiger partial charge in [0.25, 0.3) is 0 Å². The zero-order chi connectivity index (χ0) is 12.0. The Morgan fingerprint density at radius 2 is 2.06 bits per heavy atom. The van der Waals surface area contributed by atoms with E-state index in [0.29, 0.717) is 17.9 Å². The lowest BCUT2D eigenvalue weighted by molar-refractivity contribution is 0.0841. The summed E-state index contributed by atoms with van der Waals surface area (Å²) in [6, 6.07) is 0.651. The average molecular weight is 228 g/mol. The highest BCUT2D eigenvalue weighted by Gasteiger charge is 2.28. The normalized spacial score (nSPS) is 28.3. The number of nitrogens with two attached hydrogens (primary N) is 1. The molecule has 1 aliphatic rings. The van der Waals surface area contributed by atoms with Crippen molar-refractivity contribution in [2.75, 3.05) is 26.2 Å². The number of aliphatic hydroxyl groups is 1. The Bertz CT molecular complexity index is 187. The molecule has 0 bridgehead atoms. The predicted octanol–water partition coefficient (Wildman–Crippen LogP) is 1.45. The molecule has 0 saturated heterocycles. The van der Waals surface area contributed by atoms with Crippen LogP contribution in [0, 0.1) is 11.8 Å². The van der Waals surface area contributed by atoms with Gasteiger partial charge in [-0.1, -0.05) is 26.7 Å². The summed E-state index contributed by atoms with van der Waals surface area (Å²) in [6.07, 6.45) is 5.25. The molecule has 0 spiro atoms. The molecule has 16 heavy (non-hydrogen) atoms. The number of rotatable bonds is 6. The van der Waals surface area contributed by atoms with Crippen LogP contribution in [0.3, 0.4) is 0 Å². The van der Waals surface area contributed by atoms with Gasteiger partial charge in [0.15, 0.2) is 0 Å². The van der Waals surface area contributed by atoms with Crippen molar-refractivity contribution in [3.05, 3.63) is 0 Å². The fraction of sp³-hybridized carbons (Fsp3) is 1.00. The van der Waals surface area contributed by atoms with E-state index in [1.165, 1.54) is 25.7 Å². The first-order chi connectivity index (χ1) is 7.72. The maximum atomic E-state index is 9.15. The fourth-order valence-electron chi connectivity index (χ4n) is 2.90.